The third kappa shape index (κ3) is 4.57. The van der Waals surface area contributed by atoms with E-state index in [1.165, 1.54) is 10.5 Å². The van der Waals surface area contributed by atoms with Gasteiger partial charge in [-0.2, -0.15) is 0 Å². The van der Waals surface area contributed by atoms with Crippen molar-refractivity contribution in [2.75, 3.05) is 19.3 Å². The first-order valence-corrected chi connectivity index (χ1v) is 6.42. The van der Waals surface area contributed by atoms with Gasteiger partial charge in [-0.3, -0.25) is 0 Å². The molecule has 0 aliphatic rings. The van der Waals surface area contributed by atoms with Crippen LogP contribution < -0.4 is 10.6 Å². The quantitative estimate of drug-likeness (QED) is 0.773. The molecule has 0 spiro atoms. The van der Waals surface area contributed by atoms with Crippen molar-refractivity contribution in [2.45, 2.75) is 18.2 Å². The minimum absolute atomic E-state index is 0.127. The number of carbonyl (C=O) groups is 1. The SMILES string of the molecule is CCSc1ccc(CCNC(=O)NC)cc1. The molecular weight excluding hydrogens is 220 g/mol. The second-order valence-corrected chi connectivity index (χ2v) is 4.67. The molecule has 0 aliphatic heterocycles. The van der Waals surface area contributed by atoms with Crippen molar-refractivity contribution in [3.8, 4) is 0 Å². The van der Waals surface area contributed by atoms with Crippen molar-refractivity contribution in [2.24, 2.45) is 0 Å². The molecule has 0 bridgehead atoms. The molecule has 2 N–H and O–H groups in total. The second-order valence-electron chi connectivity index (χ2n) is 3.33. The van der Waals surface area contributed by atoms with Crippen molar-refractivity contribution in [1.29, 1.82) is 0 Å². The smallest absolute Gasteiger partial charge is 0.314 e. The molecule has 0 saturated heterocycles. The van der Waals surface area contributed by atoms with E-state index in [4.69, 9.17) is 0 Å². The molecule has 1 rings (SSSR count). The first kappa shape index (κ1) is 12.9. The van der Waals surface area contributed by atoms with Crippen molar-refractivity contribution in [3.63, 3.8) is 0 Å². The predicted molar refractivity (Wildman–Crippen MR) is 69.0 cm³/mol. The molecule has 1 aromatic rings. The van der Waals surface area contributed by atoms with Gasteiger partial charge in [0, 0.05) is 18.5 Å². The van der Waals surface area contributed by atoms with Crippen molar-refractivity contribution < 1.29 is 4.79 Å². The predicted octanol–water partition coefficient (Wildman–Crippen LogP) is 2.27. The fourth-order valence-electron chi connectivity index (χ4n) is 1.33. The monoisotopic (exact) mass is 238 g/mol. The Morgan fingerprint density at radius 1 is 1.31 bits per heavy atom. The van der Waals surface area contributed by atoms with E-state index in [-0.39, 0.29) is 6.03 Å². The summed E-state index contributed by atoms with van der Waals surface area (Å²) in [7, 11) is 1.62. The lowest BCUT2D eigenvalue weighted by atomic mass is 10.1. The van der Waals surface area contributed by atoms with Gasteiger partial charge in [0.05, 0.1) is 0 Å². The number of thioether (sulfide) groups is 1. The fourth-order valence-corrected chi connectivity index (χ4v) is 1.99. The van der Waals surface area contributed by atoms with Gasteiger partial charge in [-0.1, -0.05) is 19.1 Å². The van der Waals surface area contributed by atoms with Crippen LogP contribution in [0.25, 0.3) is 0 Å². The lowest BCUT2D eigenvalue weighted by Crippen LogP contribution is -2.33. The summed E-state index contributed by atoms with van der Waals surface area (Å²) in [5.41, 5.74) is 1.25. The second kappa shape index (κ2) is 7.17. The molecule has 1 aromatic carbocycles. The summed E-state index contributed by atoms with van der Waals surface area (Å²) in [5.74, 6) is 1.09. The number of urea groups is 1. The van der Waals surface area contributed by atoms with Crippen LogP contribution in [-0.4, -0.2) is 25.4 Å². The summed E-state index contributed by atoms with van der Waals surface area (Å²) in [5, 5.41) is 5.29. The molecule has 2 amide bonds. The molecule has 0 heterocycles. The van der Waals surface area contributed by atoms with Crippen LogP contribution in [0.5, 0.6) is 0 Å². The van der Waals surface area contributed by atoms with E-state index in [0.717, 1.165) is 12.2 Å². The summed E-state index contributed by atoms with van der Waals surface area (Å²) in [6.07, 6.45) is 0.866. The Morgan fingerprint density at radius 3 is 2.56 bits per heavy atom. The zero-order valence-corrected chi connectivity index (χ0v) is 10.6. The van der Waals surface area contributed by atoms with Gasteiger partial charge < -0.3 is 10.6 Å². The van der Waals surface area contributed by atoms with Crippen LogP contribution in [0.3, 0.4) is 0 Å². The first-order chi connectivity index (χ1) is 7.76. The average Bonchev–Trinajstić information content (AvgIpc) is 2.31. The third-order valence-electron chi connectivity index (χ3n) is 2.16. The molecule has 0 radical (unpaired) electrons. The van der Waals surface area contributed by atoms with Crippen LogP contribution in [0.1, 0.15) is 12.5 Å². The number of carbonyl (C=O) groups excluding carboxylic acids is 1. The van der Waals surface area contributed by atoms with E-state index in [1.54, 1.807) is 7.05 Å². The molecule has 88 valence electrons. The Balaban J connectivity index is 2.34. The Hall–Kier alpha value is -1.16. The minimum atomic E-state index is -0.127. The van der Waals surface area contributed by atoms with Gasteiger partial charge in [0.1, 0.15) is 0 Å². The fraction of sp³-hybridized carbons (Fsp3) is 0.417. The third-order valence-corrected chi connectivity index (χ3v) is 3.05. The summed E-state index contributed by atoms with van der Waals surface area (Å²) >= 11 is 1.84. The van der Waals surface area contributed by atoms with Crippen LogP contribution >= 0.6 is 11.8 Å². The molecule has 0 aliphatic carbocycles. The number of amides is 2. The number of hydrogen-bond acceptors (Lipinski definition) is 2. The van der Waals surface area contributed by atoms with E-state index < -0.39 is 0 Å². The van der Waals surface area contributed by atoms with E-state index in [0.29, 0.717) is 6.54 Å². The normalized spacial score (nSPS) is 9.88. The van der Waals surface area contributed by atoms with E-state index in [1.807, 2.05) is 11.8 Å². The van der Waals surface area contributed by atoms with Crippen molar-refractivity contribution in [1.82, 2.24) is 10.6 Å². The summed E-state index contributed by atoms with van der Waals surface area (Å²) in [4.78, 5) is 12.2. The Kier molecular flexibility index (Phi) is 5.78. The van der Waals surface area contributed by atoms with E-state index >= 15 is 0 Å². The van der Waals surface area contributed by atoms with Gasteiger partial charge in [0.25, 0.3) is 0 Å². The largest absolute Gasteiger partial charge is 0.341 e. The number of nitrogens with one attached hydrogen (secondary N) is 2. The lowest BCUT2D eigenvalue weighted by Gasteiger charge is -2.05. The molecule has 16 heavy (non-hydrogen) atoms. The maximum Gasteiger partial charge on any atom is 0.314 e. The average molecular weight is 238 g/mol. The molecule has 0 unspecified atom stereocenters. The molecule has 0 saturated carbocycles. The van der Waals surface area contributed by atoms with Crippen LogP contribution in [0.15, 0.2) is 29.2 Å². The molecule has 4 heteroatoms. The highest BCUT2D eigenvalue weighted by molar-refractivity contribution is 7.99. The van der Waals surface area contributed by atoms with Gasteiger partial charge in [0.2, 0.25) is 0 Å². The minimum Gasteiger partial charge on any atom is -0.341 e. The van der Waals surface area contributed by atoms with Crippen LogP contribution in [0.2, 0.25) is 0 Å². The maximum atomic E-state index is 10.9. The van der Waals surface area contributed by atoms with Gasteiger partial charge in [-0.05, 0) is 29.9 Å². The Morgan fingerprint density at radius 2 is 2.00 bits per heavy atom. The topological polar surface area (TPSA) is 41.1 Å². The summed E-state index contributed by atoms with van der Waals surface area (Å²) in [6.45, 7) is 2.81. The standard InChI is InChI=1S/C12H18N2OS/c1-3-16-11-6-4-10(5-7-11)8-9-14-12(15)13-2/h4-7H,3,8-9H2,1-2H3,(H2,13,14,15). The van der Waals surface area contributed by atoms with Crippen molar-refractivity contribution in [3.05, 3.63) is 29.8 Å². The number of rotatable bonds is 5. The van der Waals surface area contributed by atoms with Gasteiger partial charge >= 0.3 is 6.03 Å². The molecule has 3 nitrogen and oxygen atoms in total. The highest BCUT2D eigenvalue weighted by Gasteiger charge is 1.97. The number of benzene rings is 1. The van der Waals surface area contributed by atoms with Gasteiger partial charge in [-0.15, -0.1) is 11.8 Å². The summed E-state index contributed by atoms with van der Waals surface area (Å²) in [6, 6.07) is 8.36. The van der Waals surface area contributed by atoms with Gasteiger partial charge in [0.15, 0.2) is 0 Å². The summed E-state index contributed by atoms with van der Waals surface area (Å²) < 4.78 is 0. The van der Waals surface area contributed by atoms with Crippen molar-refractivity contribution >= 4 is 17.8 Å². The zero-order chi connectivity index (χ0) is 11.8. The zero-order valence-electron chi connectivity index (χ0n) is 9.75. The van der Waals surface area contributed by atoms with Crippen LogP contribution in [-0.2, 0) is 6.42 Å². The Labute approximate surface area is 101 Å². The maximum absolute atomic E-state index is 10.9. The van der Waals surface area contributed by atoms with Gasteiger partial charge in [-0.25, -0.2) is 4.79 Å². The highest BCUT2D eigenvalue weighted by Crippen LogP contribution is 2.17. The highest BCUT2D eigenvalue weighted by atomic mass is 32.2. The number of hydrogen-bond donors (Lipinski definition) is 2. The molecule has 0 atom stereocenters. The Bertz CT molecular complexity index is 324. The first-order valence-electron chi connectivity index (χ1n) is 5.43. The lowest BCUT2D eigenvalue weighted by molar-refractivity contribution is 0.243. The van der Waals surface area contributed by atoms with Crippen LogP contribution in [0.4, 0.5) is 4.79 Å². The molecule has 0 aromatic heterocycles. The molecular formula is C12H18N2OS. The molecule has 0 fully saturated rings. The van der Waals surface area contributed by atoms with E-state index in [9.17, 15) is 4.79 Å². The van der Waals surface area contributed by atoms with Crippen LogP contribution in [0, 0.1) is 0 Å². The van der Waals surface area contributed by atoms with E-state index in [2.05, 4.69) is 41.8 Å².